The zero-order valence-electron chi connectivity index (χ0n) is 13.5. The second-order valence-corrected chi connectivity index (χ2v) is 7.60. The summed E-state index contributed by atoms with van der Waals surface area (Å²) in [5.74, 6) is -1.15. The summed E-state index contributed by atoms with van der Waals surface area (Å²) in [6.45, 7) is 0. The highest BCUT2D eigenvalue weighted by Crippen LogP contribution is 2.38. The van der Waals surface area contributed by atoms with E-state index < -0.39 is 11.9 Å². The predicted molar refractivity (Wildman–Crippen MR) is 99.3 cm³/mol. The average molecular weight is 348 g/mol. The minimum absolute atomic E-state index is 0.420. The van der Waals surface area contributed by atoms with Crippen LogP contribution in [0.15, 0.2) is 48.7 Å². The smallest absolute Gasteiger partial charge is 0.312 e. The lowest BCUT2D eigenvalue weighted by Gasteiger charge is -2.18. The summed E-state index contributed by atoms with van der Waals surface area (Å²) < 4.78 is 2.00. The molecule has 1 N–H and O–H groups in total. The number of benzene rings is 2. The molecule has 1 unspecified atom stereocenters. The fourth-order valence-corrected chi connectivity index (χ4v) is 4.98. The molecule has 2 heterocycles. The monoisotopic (exact) mass is 348 g/mol. The number of hydrogen-bond donors (Lipinski definition) is 1. The lowest BCUT2D eigenvalue weighted by molar-refractivity contribution is -0.139. The number of aromatic nitrogens is 2. The van der Waals surface area contributed by atoms with Crippen molar-refractivity contribution < 1.29 is 9.90 Å². The maximum Gasteiger partial charge on any atom is 0.312 e. The van der Waals surface area contributed by atoms with Crippen molar-refractivity contribution in [3.05, 3.63) is 59.2 Å². The number of carboxylic acid groups (broad SMARTS) is 1. The van der Waals surface area contributed by atoms with E-state index >= 15 is 0 Å². The Balaban J connectivity index is 1.66. The van der Waals surface area contributed by atoms with Crippen LogP contribution in [-0.4, -0.2) is 20.5 Å². The second kappa shape index (κ2) is 5.43. The lowest BCUT2D eigenvalue weighted by Crippen LogP contribution is -2.18. The van der Waals surface area contributed by atoms with Crippen molar-refractivity contribution in [1.29, 1.82) is 0 Å². The predicted octanol–water partition coefficient (Wildman–Crippen LogP) is 4.72. The summed E-state index contributed by atoms with van der Waals surface area (Å²) >= 11 is 1.63. The number of aryl methyl sites for hydroxylation is 1. The molecule has 1 aliphatic carbocycles. The average Bonchev–Trinajstić information content (AvgIpc) is 3.18. The van der Waals surface area contributed by atoms with Crippen molar-refractivity contribution in [3.63, 3.8) is 0 Å². The minimum atomic E-state index is -0.735. The van der Waals surface area contributed by atoms with E-state index in [1.165, 1.54) is 15.6 Å². The number of fused-ring (bicyclic) bond motifs is 4. The maximum absolute atomic E-state index is 11.7. The third kappa shape index (κ3) is 2.27. The zero-order chi connectivity index (χ0) is 17.0. The second-order valence-electron chi connectivity index (χ2n) is 6.53. The summed E-state index contributed by atoms with van der Waals surface area (Å²) in [5, 5.41) is 12.0. The molecule has 0 radical (unpaired) electrons. The summed E-state index contributed by atoms with van der Waals surface area (Å²) in [4.78, 5) is 18.5. The van der Waals surface area contributed by atoms with E-state index in [4.69, 9.17) is 4.98 Å². The van der Waals surface area contributed by atoms with E-state index in [1.807, 2.05) is 22.7 Å². The van der Waals surface area contributed by atoms with Crippen molar-refractivity contribution in [1.82, 2.24) is 9.38 Å². The molecule has 0 fully saturated rings. The van der Waals surface area contributed by atoms with Crippen molar-refractivity contribution in [2.45, 2.75) is 25.2 Å². The first-order valence-electron chi connectivity index (χ1n) is 8.43. The molecule has 0 saturated heterocycles. The van der Waals surface area contributed by atoms with Gasteiger partial charge in [-0.2, -0.15) is 0 Å². The van der Waals surface area contributed by atoms with Gasteiger partial charge in [0, 0.05) is 16.6 Å². The summed E-state index contributed by atoms with van der Waals surface area (Å²) in [6.07, 6.45) is 4.59. The number of aliphatic carboxylic acids is 1. The Hall–Kier alpha value is -2.66. The standard InChI is InChI=1S/C20H16N2O2S/c23-19(24)15-6-3-7-17-18(15)22-11-16(21-20(22)25-17)14-9-8-12-4-1-2-5-13(12)10-14/h1-2,4-5,8-11,15H,3,6-7H2,(H,23,24). The zero-order valence-corrected chi connectivity index (χ0v) is 14.3. The molecule has 0 amide bonds. The van der Waals surface area contributed by atoms with Gasteiger partial charge < -0.3 is 5.11 Å². The van der Waals surface area contributed by atoms with Crippen LogP contribution < -0.4 is 0 Å². The van der Waals surface area contributed by atoms with Gasteiger partial charge in [0.2, 0.25) is 0 Å². The Morgan fingerprint density at radius 3 is 2.88 bits per heavy atom. The first-order chi connectivity index (χ1) is 12.2. The molecule has 2 aromatic carbocycles. The van der Waals surface area contributed by atoms with E-state index in [2.05, 4.69) is 30.3 Å². The molecular formula is C20H16N2O2S. The normalized spacial score (nSPS) is 17.0. The Morgan fingerprint density at radius 1 is 1.20 bits per heavy atom. The fourth-order valence-electron chi connectivity index (χ4n) is 3.78. The van der Waals surface area contributed by atoms with Gasteiger partial charge in [0.15, 0.2) is 4.96 Å². The number of carbonyl (C=O) groups is 1. The molecule has 0 aliphatic heterocycles. The van der Waals surface area contributed by atoms with Crippen LogP contribution in [0.25, 0.3) is 27.0 Å². The van der Waals surface area contributed by atoms with Gasteiger partial charge in [0.25, 0.3) is 0 Å². The van der Waals surface area contributed by atoms with Crippen molar-refractivity contribution >= 4 is 33.0 Å². The van der Waals surface area contributed by atoms with Gasteiger partial charge in [-0.1, -0.05) is 36.4 Å². The molecular weight excluding hydrogens is 332 g/mol. The third-order valence-electron chi connectivity index (χ3n) is 5.00. The topological polar surface area (TPSA) is 54.6 Å². The lowest BCUT2D eigenvalue weighted by atomic mass is 9.91. The third-order valence-corrected chi connectivity index (χ3v) is 6.13. The SMILES string of the molecule is O=C(O)C1CCCc2sc3nc(-c4ccc5ccccc5c4)cn3c21. The maximum atomic E-state index is 11.7. The van der Waals surface area contributed by atoms with Crippen LogP contribution in [0.1, 0.15) is 29.3 Å². The number of carboxylic acids is 1. The summed E-state index contributed by atoms with van der Waals surface area (Å²) in [6, 6.07) is 14.6. The van der Waals surface area contributed by atoms with Crippen LogP contribution in [0, 0.1) is 0 Å². The molecule has 5 heteroatoms. The molecule has 0 spiro atoms. The van der Waals surface area contributed by atoms with E-state index in [0.717, 1.165) is 34.8 Å². The molecule has 0 saturated carbocycles. The van der Waals surface area contributed by atoms with Crippen molar-refractivity contribution in [2.24, 2.45) is 0 Å². The highest BCUT2D eigenvalue weighted by molar-refractivity contribution is 7.17. The van der Waals surface area contributed by atoms with Crippen LogP contribution in [0.4, 0.5) is 0 Å². The quantitative estimate of drug-likeness (QED) is 0.570. The van der Waals surface area contributed by atoms with Crippen molar-refractivity contribution in [3.8, 4) is 11.3 Å². The molecule has 25 heavy (non-hydrogen) atoms. The summed E-state index contributed by atoms with van der Waals surface area (Å²) in [5.41, 5.74) is 2.89. The Morgan fingerprint density at radius 2 is 2.04 bits per heavy atom. The van der Waals surface area contributed by atoms with Crippen LogP contribution in [-0.2, 0) is 11.2 Å². The highest BCUT2D eigenvalue weighted by Gasteiger charge is 2.31. The molecule has 0 bridgehead atoms. The minimum Gasteiger partial charge on any atom is -0.481 e. The Kier molecular flexibility index (Phi) is 3.18. The van der Waals surface area contributed by atoms with Crippen LogP contribution >= 0.6 is 11.3 Å². The van der Waals surface area contributed by atoms with Gasteiger partial charge in [0.05, 0.1) is 17.3 Å². The molecule has 124 valence electrons. The van der Waals surface area contributed by atoms with E-state index in [-0.39, 0.29) is 0 Å². The Labute approximate surface area is 148 Å². The van der Waals surface area contributed by atoms with E-state index in [1.54, 1.807) is 11.3 Å². The molecule has 4 aromatic rings. The van der Waals surface area contributed by atoms with Gasteiger partial charge in [0.1, 0.15) is 0 Å². The van der Waals surface area contributed by atoms with Gasteiger partial charge in [-0.05, 0) is 36.1 Å². The Bertz CT molecular complexity index is 1130. The molecule has 2 aromatic heterocycles. The first kappa shape index (κ1) is 14.7. The first-order valence-corrected chi connectivity index (χ1v) is 9.25. The molecule has 4 nitrogen and oxygen atoms in total. The van der Waals surface area contributed by atoms with Crippen LogP contribution in [0.3, 0.4) is 0 Å². The van der Waals surface area contributed by atoms with E-state index in [0.29, 0.717) is 6.42 Å². The largest absolute Gasteiger partial charge is 0.481 e. The number of nitrogens with zero attached hydrogens (tertiary/aromatic N) is 2. The molecule has 5 rings (SSSR count). The van der Waals surface area contributed by atoms with Gasteiger partial charge >= 0.3 is 5.97 Å². The number of hydrogen-bond acceptors (Lipinski definition) is 3. The molecule has 1 atom stereocenters. The van der Waals surface area contributed by atoms with Crippen LogP contribution in [0.2, 0.25) is 0 Å². The fraction of sp³-hybridized carbons (Fsp3) is 0.200. The van der Waals surface area contributed by atoms with Gasteiger partial charge in [-0.15, -0.1) is 11.3 Å². The highest BCUT2D eigenvalue weighted by atomic mass is 32.1. The number of thiazole rings is 1. The summed E-state index contributed by atoms with van der Waals surface area (Å²) in [7, 11) is 0. The van der Waals surface area contributed by atoms with Crippen LogP contribution in [0.5, 0.6) is 0 Å². The van der Waals surface area contributed by atoms with Gasteiger partial charge in [-0.3, -0.25) is 9.20 Å². The van der Waals surface area contributed by atoms with E-state index in [9.17, 15) is 9.90 Å². The van der Waals surface area contributed by atoms with Crippen molar-refractivity contribution in [2.75, 3.05) is 0 Å². The van der Waals surface area contributed by atoms with Gasteiger partial charge in [-0.25, -0.2) is 4.98 Å². The number of imidazole rings is 1. The molecule has 1 aliphatic rings. The number of rotatable bonds is 2.